The molecule has 0 fully saturated rings. The molecule has 0 aliphatic heterocycles. The Morgan fingerprint density at radius 1 is 0.857 bits per heavy atom. The molecule has 2 rings (SSSR count). The summed E-state index contributed by atoms with van der Waals surface area (Å²) in [4.78, 5) is 3.44. The zero-order valence-corrected chi connectivity index (χ0v) is 14.7. The van der Waals surface area contributed by atoms with Gasteiger partial charge in [-0.25, -0.2) is 0 Å². The van der Waals surface area contributed by atoms with Gasteiger partial charge in [0.15, 0.2) is 0 Å². The summed E-state index contributed by atoms with van der Waals surface area (Å²) in [5.74, 6) is 0. The lowest BCUT2D eigenvalue weighted by Crippen LogP contribution is -2.10. The lowest BCUT2D eigenvalue weighted by Gasteiger charge is -2.17. The first-order chi connectivity index (χ1) is 9.81. The van der Waals surface area contributed by atoms with Crippen LogP contribution in [0, 0.1) is 34.6 Å². The van der Waals surface area contributed by atoms with Crippen molar-refractivity contribution in [1.29, 1.82) is 0 Å². The topological polar surface area (TPSA) is 28.0 Å². The van der Waals surface area contributed by atoms with Crippen molar-refractivity contribution < 1.29 is 0 Å². The molecule has 112 valence electrons. The van der Waals surface area contributed by atoms with Gasteiger partial charge >= 0.3 is 0 Å². The average molecular weight is 301 g/mol. The molecule has 1 aromatic carbocycles. The quantitative estimate of drug-likeness (QED) is 0.661. The van der Waals surface area contributed by atoms with Gasteiger partial charge in [0.2, 0.25) is 0 Å². The molecule has 1 aromatic heterocycles. The number of rotatable bonds is 3. The van der Waals surface area contributed by atoms with E-state index in [1.165, 1.54) is 27.3 Å². The molecule has 0 aliphatic rings. The van der Waals surface area contributed by atoms with E-state index in [-0.39, 0.29) is 0 Å². The second-order valence-corrected chi connectivity index (χ2v) is 6.94. The summed E-state index contributed by atoms with van der Waals surface area (Å²) in [6.07, 6.45) is 0. The summed E-state index contributed by atoms with van der Waals surface area (Å²) in [5.41, 5.74) is 7.10. The summed E-state index contributed by atoms with van der Waals surface area (Å²) >= 11 is 1.71. The fraction of sp³-hybridized carbons (Fsp3) is 0.412. The molecule has 21 heavy (non-hydrogen) atoms. The van der Waals surface area contributed by atoms with Crippen molar-refractivity contribution in [2.24, 2.45) is 10.2 Å². The van der Waals surface area contributed by atoms with Gasteiger partial charge in [0.1, 0.15) is 5.00 Å². The van der Waals surface area contributed by atoms with Crippen molar-refractivity contribution in [3.8, 4) is 0 Å². The minimum absolute atomic E-state index is 0.946. The van der Waals surface area contributed by atoms with Gasteiger partial charge in [-0.3, -0.25) is 0 Å². The average Bonchev–Trinajstić information content (AvgIpc) is 2.66. The van der Waals surface area contributed by atoms with Crippen molar-refractivity contribution in [2.75, 3.05) is 19.0 Å². The van der Waals surface area contributed by atoms with Crippen LogP contribution in [-0.4, -0.2) is 14.1 Å². The second kappa shape index (κ2) is 5.98. The van der Waals surface area contributed by atoms with Crippen molar-refractivity contribution in [1.82, 2.24) is 0 Å². The Labute approximate surface area is 131 Å². The lowest BCUT2D eigenvalue weighted by atomic mass is 10.1. The zero-order chi connectivity index (χ0) is 15.7. The molecule has 0 N–H and O–H groups in total. The van der Waals surface area contributed by atoms with E-state index in [4.69, 9.17) is 0 Å². The smallest absolute Gasteiger partial charge is 0.142 e. The molecule has 0 amide bonds. The third-order valence-corrected chi connectivity index (χ3v) is 5.10. The highest BCUT2D eigenvalue weighted by Crippen LogP contribution is 2.36. The maximum absolute atomic E-state index is 4.47. The molecule has 0 saturated carbocycles. The standard InChI is InChI=1S/C17H23N3S/c1-10-9-16(20(6)7)11(2)8-15(10)18-19-17-13(4)12(3)14(5)21-17/h8-9H,1-7H3. The summed E-state index contributed by atoms with van der Waals surface area (Å²) in [5, 5.41) is 9.95. The second-order valence-electron chi connectivity index (χ2n) is 5.73. The fourth-order valence-corrected chi connectivity index (χ4v) is 3.28. The van der Waals surface area contributed by atoms with Gasteiger partial charge in [-0.05, 0) is 69.0 Å². The van der Waals surface area contributed by atoms with Gasteiger partial charge < -0.3 is 4.90 Å². The monoisotopic (exact) mass is 301 g/mol. The number of nitrogens with zero attached hydrogens (tertiary/aromatic N) is 3. The van der Waals surface area contributed by atoms with Gasteiger partial charge in [-0.15, -0.1) is 21.6 Å². The molecular weight excluding hydrogens is 278 g/mol. The van der Waals surface area contributed by atoms with Gasteiger partial charge in [0.05, 0.1) is 5.69 Å². The first-order valence-electron chi connectivity index (χ1n) is 7.08. The molecule has 0 atom stereocenters. The number of benzene rings is 1. The SMILES string of the molecule is Cc1cc(N(C)C)c(C)cc1N=Nc1sc(C)c(C)c1C. The van der Waals surface area contributed by atoms with E-state index in [2.05, 4.69) is 76.0 Å². The highest BCUT2D eigenvalue weighted by atomic mass is 32.1. The van der Waals surface area contributed by atoms with Crippen molar-refractivity contribution in [3.63, 3.8) is 0 Å². The van der Waals surface area contributed by atoms with Crippen LogP contribution in [0.3, 0.4) is 0 Å². The summed E-state index contributed by atoms with van der Waals surface area (Å²) < 4.78 is 0. The normalized spacial score (nSPS) is 11.4. The molecule has 2 aromatic rings. The molecule has 0 unspecified atom stereocenters. The van der Waals surface area contributed by atoms with Crippen LogP contribution >= 0.6 is 11.3 Å². The van der Waals surface area contributed by atoms with E-state index in [9.17, 15) is 0 Å². The molecule has 0 radical (unpaired) electrons. The number of aryl methyl sites for hydroxylation is 3. The van der Waals surface area contributed by atoms with Crippen LogP contribution < -0.4 is 4.90 Å². The van der Waals surface area contributed by atoms with Crippen LogP contribution in [0.5, 0.6) is 0 Å². The summed E-state index contributed by atoms with van der Waals surface area (Å²) in [6.45, 7) is 10.6. The van der Waals surface area contributed by atoms with Crippen molar-refractivity contribution in [2.45, 2.75) is 34.6 Å². The number of thiophene rings is 1. The minimum atomic E-state index is 0.946. The summed E-state index contributed by atoms with van der Waals surface area (Å²) in [6, 6.07) is 4.28. The van der Waals surface area contributed by atoms with E-state index in [1.807, 2.05) is 0 Å². The van der Waals surface area contributed by atoms with Crippen LogP contribution in [-0.2, 0) is 0 Å². The minimum Gasteiger partial charge on any atom is -0.377 e. The Morgan fingerprint density at radius 2 is 1.52 bits per heavy atom. The Hall–Kier alpha value is -1.68. The number of hydrogen-bond donors (Lipinski definition) is 0. The predicted molar refractivity (Wildman–Crippen MR) is 92.9 cm³/mol. The van der Waals surface area contributed by atoms with E-state index in [0.29, 0.717) is 0 Å². The third kappa shape index (κ3) is 3.16. The Morgan fingerprint density at radius 3 is 2.05 bits per heavy atom. The third-order valence-electron chi connectivity index (χ3n) is 3.91. The molecule has 4 heteroatoms. The molecular formula is C17H23N3S. The fourth-order valence-electron chi connectivity index (χ4n) is 2.29. The maximum atomic E-state index is 4.47. The summed E-state index contributed by atoms with van der Waals surface area (Å²) in [7, 11) is 4.12. The van der Waals surface area contributed by atoms with E-state index in [0.717, 1.165) is 16.3 Å². The van der Waals surface area contributed by atoms with E-state index >= 15 is 0 Å². The number of hydrogen-bond acceptors (Lipinski definition) is 4. The van der Waals surface area contributed by atoms with Crippen molar-refractivity contribution >= 4 is 27.7 Å². The first kappa shape index (κ1) is 15.7. The maximum Gasteiger partial charge on any atom is 0.142 e. The molecule has 3 nitrogen and oxygen atoms in total. The van der Waals surface area contributed by atoms with Crippen molar-refractivity contribution in [3.05, 3.63) is 39.3 Å². The van der Waals surface area contributed by atoms with Gasteiger partial charge in [-0.2, -0.15) is 0 Å². The lowest BCUT2D eigenvalue weighted by molar-refractivity contribution is 1.10. The number of anilines is 1. The van der Waals surface area contributed by atoms with Gasteiger partial charge in [0.25, 0.3) is 0 Å². The van der Waals surface area contributed by atoms with E-state index in [1.54, 1.807) is 11.3 Å². The molecule has 0 saturated heterocycles. The Bertz CT molecular complexity index is 697. The highest BCUT2D eigenvalue weighted by Gasteiger charge is 2.09. The Kier molecular flexibility index (Phi) is 4.47. The molecule has 0 aliphatic carbocycles. The van der Waals surface area contributed by atoms with E-state index < -0.39 is 0 Å². The van der Waals surface area contributed by atoms with Crippen LogP contribution in [0.15, 0.2) is 22.4 Å². The number of azo groups is 1. The van der Waals surface area contributed by atoms with Crippen LogP contribution in [0.2, 0.25) is 0 Å². The molecule has 1 heterocycles. The highest BCUT2D eigenvalue weighted by molar-refractivity contribution is 7.16. The predicted octanol–water partition coefficient (Wildman–Crippen LogP) is 5.77. The zero-order valence-electron chi connectivity index (χ0n) is 13.9. The molecule has 0 bridgehead atoms. The van der Waals surface area contributed by atoms with Gasteiger partial charge in [0, 0.05) is 24.7 Å². The Balaban J connectivity index is 2.37. The van der Waals surface area contributed by atoms with Gasteiger partial charge in [-0.1, -0.05) is 0 Å². The van der Waals surface area contributed by atoms with Crippen LogP contribution in [0.4, 0.5) is 16.4 Å². The van der Waals surface area contributed by atoms with Crippen LogP contribution in [0.25, 0.3) is 0 Å². The first-order valence-corrected chi connectivity index (χ1v) is 7.89. The largest absolute Gasteiger partial charge is 0.377 e. The van der Waals surface area contributed by atoms with Crippen LogP contribution in [0.1, 0.15) is 27.1 Å². The molecule has 0 spiro atoms.